The second kappa shape index (κ2) is 5.84. The van der Waals surface area contributed by atoms with Gasteiger partial charge in [-0.1, -0.05) is 6.07 Å². The Labute approximate surface area is 107 Å². The average Bonchev–Trinajstić information content (AvgIpc) is 2.32. The van der Waals surface area contributed by atoms with Gasteiger partial charge in [0.15, 0.2) is 6.54 Å². The minimum Gasteiger partial charge on any atom is -0.508 e. The van der Waals surface area contributed by atoms with Gasteiger partial charge >= 0.3 is 0 Å². The topological polar surface area (TPSA) is 58.2 Å². The van der Waals surface area contributed by atoms with Gasteiger partial charge in [0.2, 0.25) is 0 Å². The summed E-state index contributed by atoms with van der Waals surface area (Å²) in [5.74, 6) is 0.179. The van der Waals surface area contributed by atoms with Crippen LogP contribution in [0.3, 0.4) is 0 Å². The quantitative estimate of drug-likeness (QED) is 0.490. The first-order valence-corrected chi connectivity index (χ1v) is 6.37. The van der Waals surface area contributed by atoms with Crippen molar-refractivity contribution < 1.29 is 19.7 Å². The van der Waals surface area contributed by atoms with E-state index in [1.807, 2.05) is 0 Å². The van der Waals surface area contributed by atoms with E-state index in [-0.39, 0.29) is 11.7 Å². The van der Waals surface area contributed by atoms with E-state index in [0.717, 1.165) is 26.2 Å². The van der Waals surface area contributed by atoms with Gasteiger partial charge in [-0.15, -0.1) is 0 Å². The molecule has 1 heterocycles. The smallest absolute Gasteiger partial charge is 0.279 e. The lowest BCUT2D eigenvalue weighted by Gasteiger charge is -2.26. The van der Waals surface area contributed by atoms with Crippen LogP contribution in [-0.2, 0) is 4.79 Å². The Morgan fingerprint density at radius 3 is 2.72 bits per heavy atom. The Morgan fingerprint density at radius 1 is 1.33 bits per heavy atom. The van der Waals surface area contributed by atoms with Crippen molar-refractivity contribution in [3.63, 3.8) is 0 Å². The van der Waals surface area contributed by atoms with Crippen LogP contribution in [0.15, 0.2) is 24.3 Å². The first-order chi connectivity index (χ1) is 8.63. The molecule has 0 spiro atoms. The molecule has 0 atom stereocenters. The number of hydrogen-bond donors (Lipinski definition) is 4. The summed E-state index contributed by atoms with van der Waals surface area (Å²) < 4.78 is 0. The van der Waals surface area contributed by atoms with E-state index in [9.17, 15) is 9.90 Å². The number of piperazine rings is 1. The summed E-state index contributed by atoms with van der Waals surface area (Å²) >= 11 is 0. The number of carbonyl (C=O) groups excluding carboxylic acids is 1. The fraction of sp³-hybridized carbons (Fsp3) is 0.462. The number of amides is 1. The van der Waals surface area contributed by atoms with Crippen molar-refractivity contribution in [1.82, 2.24) is 0 Å². The fourth-order valence-electron chi connectivity index (χ4n) is 2.22. The standard InChI is InChI=1S/C13H19N3O2/c1-15-5-7-16(8-6-15)10-13(18)14-11-3-2-4-12(17)9-11/h2-4,9,17H,5-8,10H2,1H3,(H,14,18)/p+2. The molecule has 0 bridgehead atoms. The largest absolute Gasteiger partial charge is 0.508 e. The van der Waals surface area contributed by atoms with Gasteiger partial charge in [-0.25, -0.2) is 0 Å². The first kappa shape index (κ1) is 12.9. The highest BCUT2D eigenvalue weighted by Crippen LogP contribution is 2.14. The summed E-state index contributed by atoms with van der Waals surface area (Å²) in [6.45, 7) is 4.82. The number of carbonyl (C=O) groups is 1. The molecule has 1 saturated heterocycles. The molecule has 1 aromatic carbocycles. The lowest BCUT2D eigenvalue weighted by Crippen LogP contribution is -3.27. The monoisotopic (exact) mass is 251 g/mol. The van der Waals surface area contributed by atoms with E-state index in [4.69, 9.17) is 0 Å². The Kier molecular flexibility index (Phi) is 4.17. The second-order valence-electron chi connectivity index (χ2n) is 4.98. The van der Waals surface area contributed by atoms with Crippen molar-refractivity contribution in [2.24, 2.45) is 0 Å². The van der Waals surface area contributed by atoms with Crippen molar-refractivity contribution >= 4 is 11.6 Å². The number of anilines is 1. The molecule has 0 aliphatic carbocycles. The molecule has 0 saturated carbocycles. The van der Waals surface area contributed by atoms with Crippen molar-refractivity contribution in [3.05, 3.63) is 24.3 Å². The molecule has 5 nitrogen and oxygen atoms in total. The molecule has 4 N–H and O–H groups in total. The lowest BCUT2D eigenvalue weighted by molar-refractivity contribution is -0.999. The van der Waals surface area contributed by atoms with Crippen molar-refractivity contribution in [1.29, 1.82) is 0 Å². The van der Waals surface area contributed by atoms with Crippen molar-refractivity contribution in [3.8, 4) is 5.75 Å². The Bertz CT molecular complexity index is 414. The van der Waals surface area contributed by atoms with Gasteiger partial charge in [0.25, 0.3) is 5.91 Å². The first-order valence-electron chi connectivity index (χ1n) is 6.37. The Morgan fingerprint density at radius 2 is 2.06 bits per heavy atom. The predicted molar refractivity (Wildman–Crippen MR) is 68.9 cm³/mol. The fourth-order valence-corrected chi connectivity index (χ4v) is 2.22. The molecule has 0 unspecified atom stereocenters. The summed E-state index contributed by atoms with van der Waals surface area (Å²) in [6.07, 6.45) is 0. The van der Waals surface area contributed by atoms with Crippen LogP contribution in [0.1, 0.15) is 0 Å². The van der Waals surface area contributed by atoms with Gasteiger partial charge in [0, 0.05) is 11.8 Å². The van der Waals surface area contributed by atoms with Gasteiger partial charge in [-0.2, -0.15) is 0 Å². The van der Waals surface area contributed by atoms with Gasteiger partial charge in [-0.3, -0.25) is 4.79 Å². The minimum atomic E-state index is 0.00940. The third-order valence-electron chi connectivity index (χ3n) is 3.35. The number of rotatable bonds is 3. The molecular formula is C13H21N3O2+2. The molecule has 5 heteroatoms. The zero-order valence-electron chi connectivity index (χ0n) is 10.7. The molecule has 1 aliphatic heterocycles. The number of phenolic OH excluding ortho intramolecular Hbond substituents is 1. The SMILES string of the molecule is C[NH+]1CC[NH+](CC(=O)Nc2cccc(O)c2)CC1. The lowest BCUT2D eigenvalue weighted by atomic mass is 10.3. The van der Waals surface area contributed by atoms with Crippen LogP contribution in [0.2, 0.25) is 0 Å². The predicted octanol–water partition coefficient (Wildman–Crippen LogP) is -2.26. The number of likely N-dealkylation sites (N-methyl/N-ethyl adjacent to an activating group) is 1. The highest BCUT2D eigenvalue weighted by Gasteiger charge is 2.22. The van der Waals surface area contributed by atoms with E-state index in [1.165, 1.54) is 9.80 Å². The van der Waals surface area contributed by atoms with Gasteiger partial charge in [-0.05, 0) is 12.1 Å². The van der Waals surface area contributed by atoms with Crippen LogP contribution in [0.25, 0.3) is 0 Å². The summed E-state index contributed by atoms with van der Waals surface area (Å²) in [6, 6.07) is 6.64. The van der Waals surface area contributed by atoms with E-state index in [1.54, 1.807) is 24.3 Å². The summed E-state index contributed by atoms with van der Waals surface area (Å²) in [7, 11) is 2.18. The Hall–Kier alpha value is -1.59. The number of aromatic hydroxyl groups is 1. The van der Waals surface area contributed by atoms with Crippen molar-refractivity contribution in [2.45, 2.75) is 0 Å². The van der Waals surface area contributed by atoms with E-state index >= 15 is 0 Å². The normalized spacial score (nSPS) is 23.6. The zero-order valence-corrected chi connectivity index (χ0v) is 10.7. The van der Waals surface area contributed by atoms with Crippen LogP contribution in [0.4, 0.5) is 5.69 Å². The molecule has 1 fully saturated rings. The Balaban J connectivity index is 1.82. The van der Waals surface area contributed by atoms with Crippen LogP contribution in [-0.4, -0.2) is 50.8 Å². The van der Waals surface area contributed by atoms with Crippen LogP contribution in [0, 0.1) is 0 Å². The highest BCUT2D eigenvalue weighted by atomic mass is 16.3. The third-order valence-corrected chi connectivity index (χ3v) is 3.35. The molecular weight excluding hydrogens is 230 g/mol. The number of phenols is 1. The van der Waals surface area contributed by atoms with Crippen LogP contribution in [0.5, 0.6) is 5.75 Å². The van der Waals surface area contributed by atoms with E-state index in [2.05, 4.69) is 12.4 Å². The molecule has 1 amide bonds. The molecule has 18 heavy (non-hydrogen) atoms. The molecule has 2 rings (SSSR count). The number of hydrogen-bond acceptors (Lipinski definition) is 2. The number of nitrogens with one attached hydrogen (secondary N) is 3. The third kappa shape index (κ3) is 3.72. The van der Waals surface area contributed by atoms with E-state index < -0.39 is 0 Å². The molecule has 0 aromatic heterocycles. The summed E-state index contributed by atoms with van der Waals surface area (Å²) in [4.78, 5) is 14.7. The number of benzene rings is 1. The van der Waals surface area contributed by atoms with Crippen LogP contribution >= 0.6 is 0 Å². The van der Waals surface area contributed by atoms with Gasteiger partial charge in [0.05, 0.1) is 7.05 Å². The van der Waals surface area contributed by atoms with Gasteiger partial charge < -0.3 is 20.2 Å². The maximum atomic E-state index is 11.9. The maximum absolute atomic E-state index is 11.9. The van der Waals surface area contributed by atoms with Gasteiger partial charge in [0.1, 0.15) is 31.9 Å². The second-order valence-corrected chi connectivity index (χ2v) is 4.98. The van der Waals surface area contributed by atoms with Crippen molar-refractivity contribution in [2.75, 3.05) is 45.1 Å². The maximum Gasteiger partial charge on any atom is 0.279 e. The molecule has 98 valence electrons. The highest BCUT2D eigenvalue weighted by molar-refractivity contribution is 5.91. The molecule has 1 aromatic rings. The number of quaternary nitrogens is 2. The minimum absolute atomic E-state index is 0.00940. The van der Waals surface area contributed by atoms with E-state index in [0.29, 0.717) is 12.2 Å². The molecule has 1 aliphatic rings. The summed E-state index contributed by atoms with van der Waals surface area (Å²) in [5, 5.41) is 12.1. The summed E-state index contributed by atoms with van der Waals surface area (Å²) in [5.41, 5.74) is 0.652. The van der Waals surface area contributed by atoms with Crippen LogP contribution < -0.4 is 15.1 Å². The average molecular weight is 251 g/mol. The zero-order chi connectivity index (χ0) is 13.0. The molecule has 0 radical (unpaired) electrons.